The summed E-state index contributed by atoms with van der Waals surface area (Å²) >= 11 is 0. The Balaban J connectivity index is 1.46. The summed E-state index contributed by atoms with van der Waals surface area (Å²) in [5.74, 6) is 0.267. The van der Waals surface area contributed by atoms with Crippen LogP contribution in [0.3, 0.4) is 0 Å². The van der Waals surface area contributed by atoms with Gasteiger partial charge in [0.15, 0.2) is 0 Å². The van der Waals surface area contributed by atoms with Gasteiger partial charge in [0.05, 0.1) is 32.0 Å². The van der Waals surface area contributed by atoms with Gasteiger partial charge in [-0.3, -0.25) is 9.59 Å². The van der Waals surface area contributed by atoms with Crippen molar-refractivity contribution in [2.45, 2.75) is 6.54 Å². The molecule has 0 radical (unpaired) electrons. The maximum absolute atomic E-state index is 11.9. The van der Waals surface area contributed by atoms with Crippen molar-refractivity contribution in [1.82, 2.24) is 20.6 Å². The first-order valence-corrected chi connectivity index (χ1v) is 8.46. The predicted octanol–water partition coefficient (Wildman–Crippen LogP) is 0.359. The fourth-order valence-corrected chi connectivity index (χ4v) is 2.55. The van der Waals surface area contributed by atoms with E-state index in [0.717, 1.165) is 18.9 Å². The number of aromatic nitrogens is 2. The van der Waals surface area contributed by atoms with Crippen LogP contribution in [0.5, 0.6) is 0 Å². The summed E-state index contributed by atoms with van der Waals surface area (Å²) in [5.41, 5.74) is 1.23. The Hall–Kier alpha value is -3.00. The minimum Gasteiger partial charge on any atom is -0.378 e. The molecule has 8 nitrogen and oxygen atoms in total. The summed E-state index contributed by atoms with van der Waals surface area (Å²) < 4.78 is 5.33. The molecule has 8 heteroatoms. The number of amides is 2. The smallest absolute Gasteiger partial charge is 0.251 e. The van der Waals surface area contributed by atoms with Crippen molar-refractivity contribution in [3.05, 3.63) is 54.0 Å². The standard InChI is InChI=1S/C18H21N5O3/c24-17(12-20-18(25)14-4-2-1-3-5-14)19-11-15-10-16(22-13-21-15)23-6-8-26-9-7-23/h1-5,10,13H,6-9,11-12H2,(H,19,24)(H,20,25). The Morgan fingerprint density at radius 1 is 1.08 bits per heavy atom. The maximum Gasteiger partial charge on any atom is 0.251 e. The fraction of sp³-hybridized carbons (Fsp3) is 0.333. The lowest BCUT2D eigenvalue weighted by molar-refractivity contribution is -0.120. The second kappa shape index (κ2) is 8.91. The lowest BCUT2D eigenvalue weighted by Gasteiger charge is -2.27. The Morgan fingerprint density at radius 3 is 2.62 bits per heavy atom. The molecule has 3 rings (SSSR count). The van der Waals surface area contributed by atoms with Crippen LogP contribution >= 0.6 is 0 Å². The van der Waals surface area contributed by atoms with E-state index in [1.54, 1.807) is 24.3 Å². The van der Waals surface area contributed by atoms with Crippen LogP contribution in [0, 0.1) is 0 Å². The maximum atomic E-state index is 11.9. The molecular formula is C18H21N5O3. The summed E-state index contributed by atoms with van der Waals surface area (Å²) in [6.45, 7) is 3.12. The summed E-state index contributed by atoms with van der Waals surface area (Å²) in [4.78, 5) is 34.4. The molecule has 2 N–H and O–H groups in total. The van der Waals surface area contributed by atoms with Gasteiger partial charge in [0.1, 0.15) is 12.1 Å². The number of carbonyl (C=O) groups excluding carboxylic acids is 2. The van der Waals surface area contributed by atoms with Crippen molar-refractivity contribution in [2.24, 2.45) is 0 Å². The Kier molecular flexibility index (Phi) is 6.10. The van der Waals surface area contributed by atoms with E-state index in [4.69, 9.17) is 4.74 Å². The molecule has 0 atom stereocenters. The fourth-order valence-electron chi connectivity index (χ4n) is 2.55. The molecule has 1 fully saturated rings. The van der Waals surface area contributed by atoms with Crippen molar-refractivity contribution in [1.29, 1.82) is 0 Å². The van der Waals surface area contributed by atoms with Gasteiger partial charge in [-0.1, -0.05) is 18.2 Å². The van der Waals surface area contributed by atoms with E-state index in [0.29, 0.717) is 24.5 Å². The van der Waals surface area contributed by atoms with Gasteiger partial charge in [0.2, 0.25) is 5.91 Å². The zero-order valence-electron chi connectivity index (χ0n) is 14.4. The first kappa shape index (κ1) is 17.8. The Labute approximate surface area is 151 Å². The second-order valence-corrected chi connectivity index (χ2v) is 5.79. The molecule has 0 aliphatic carbocycles. The number of rotatable bonds is 6. The predicted molar refractivity (Wildman–Crippen MR) is 95.7 cm³/mol. The quantitative estimate of drug-likeness (QED) is 0.777. The number of hydrogen-bond donors (Lipinski definition) is 2. The van der Waals surface area contributed by atoms with E-state index in [-0.39, 0.29) is 24.9 Å². The molecular weight excluding hydrogens is 334 g/mol. The summed E-state index contributed by atoms with van der Waals surface area (Å²) in [6, 6.07) is 10.6. The van der Waals surface area contributed by atoms with Gasteiger partial charge in [-0.25, -0.2) is 9.97 Å². The number of benzene rings is 1. The van der Waals surface area contributed by atoms with Crippen LogP contribution in [-0.2, 0) is 16.1 Å². The minimum absolute atomic E-state index is 0.0882. The van der Waals surface area contributed by atoms with Gasteiger partial charge in [0, 0.05) is 24.7 Å². The van der Waals surface area contributed by atoms with Crippen LogP contribution in [0.4, 0.5) is 5.82 Å². The van der Waals surface area contributed by atoms with Crippen LogP contribution < -0.4 is 15.5 Å². The molecule has 0 spiro atoms. The number of ether oxygens (including phenoxy) is 1. The highest BCUT2D eigenvalue weighted by Gasteiger charge is 2.13. The average Bonchev–Trinajstić information content (AvgIpc) is 2.72. The van der Waals surface area contributed by atoms with Gasteiger partial charge in [0.25, 0.3) is 5.91 Å². The van der Waals surface area contributed by atoms with Crippen molar-refractivity contribution < 1.29 is 14.3 Å². The number of hydrogen-bond acceptors (Lipinski definition) is 6. The zero-order valence-corrected chi connectivity index (χ0v) is 14.4. The van der Waals surface area contributed by atoms with E-state index in [1.165, 1.54) is 6.33 Å². The van der Waals surface area contributed by atoms with Crippen molar-refractivity contribution in [3.8, 4) is 0 Å². The third kappa shape index (κ3) is 5.00. The van der Waals surface area contributed by atoms with Gasteiger partial charge in [-0.15, -0.1) is 0 Å². The molecule has 0 saturated carbocycles. The topological polar surface area (TPSA) is 96.5 Å². The summed E-state index contributed by atoms with van der Waals surface area (Å²) in [5, 5.41) is 5.34. The monoisotopic (exact) mass is 355 g/mol. The van der Waals surface area contributed by atoms with E-state index < -0.39 is 0 Å². The molecule has 2 heterocycles. The van der Waals surface area contributed by atoms with Gasteiger partial charge in [-0.2, -0.15) is 0 Å². The molecule has 136 valence electrons. The van der Waals surface area contributed by atoms with Gasteiger partial charge < -0.3 is 20.3 Å². The lowest BCUT2D eigenvalue weighted by atomic mass is 10.2. The largest absolute Gasteiger partial charge is 0.378 e. The van der Waals surface area contributed by atoms with Crippen LogP contribution in [0.1, 0.15) is 16.1 Å². The highest BCUT2D eigenvalue weighted by Crippen LogP contribution is 2.12. The second-order valence-electron chi connectivity index (χ2n) is 5.79. The van der Waals surface area contributed by atoms with Crippen molar-refractivity contribution >= 4 is 17.6 Å². The molecule has 1 aromatic carbocycles. The van der Waals surface area contributed by atoms with E-state index in [2.05, 4.69) is 25.5 Å². The van der Waals surface area contributed by atoms with E-state index in [1.807, 2.05) is 12.1 Å². The third-order valence-electron chi connectivity index (χ3n) is 3.96. The Bertz CT molecular complexity index is 748. The molecule has 0 bridgehead atoms. The SMILES string of the molecule is O=C(CNC(=O)c1ccccc1)NCc1cc(N2CCOCC2)ncn1. The number of carbonyl (C=O) groups is 2. The third-order valence-corrected chi connectivity index (χ3v) is 3.96. The normalized spacial score (nSPS) is 13.9. The van der Waals surface area contributed by atoms with Gasteiger partial charge in [-0.05, 0) is 12.1 Å². The van der Waals surface area contributed by atoms with Crippen molar-refractivity contribution in [2.75, 3.05) is 37.7 Å². The molecule has 1 aliphatic heterocycles. The first-order chi connectivity index (χ1) is 12.7. The van der Waals surface area contributed by atoms with Crippen LogP contribution in [0.2, 0.25) is 0 Å². The highest BCUT2D eigenvalue weighted by atomic mass is 16.5. The minimum atomic E-state index is -0.280. The van der Waals surface area contributed by atoms with Crippen LogP contribution in [0.15, 0.2) is 42.7 Å². The molecule has 2 aromatic rings. The van der Waals surface area contributed by atoms with E-state index >= 15 is 0 Å². The number of morpholine rings is 1. The molecule has 0 unspecified atom stereocenters. The lowest BCUT2D eigenvalue weighted by Crippen LogP contribution is -2.37. The summed E-state index contributed by atoms with van der Waals surface area (Å²) in [6.07, 6.45) is 1.49. The number of nitrogens with zero attached hydrogens (tertiary/aromatic N) is 3. The van der Waals surface area contributed by atoms with Crippen molar-refractivity contribution in [3.63, 3.8) is 0 Å². The van der Waals surface area contributed by atoms with Gasteiger partial charge >= 0.3 is 0 Å². The summed E-state index contributed by atoms with van der Waals surface area (Å²) in [7, 11) is 0. The molecule has 1 aromatic heterocycles. The molecule has 2 amide bonds. The molecule has 26 heavy (non-hydrogen) atoms. The first-order valence-electron chi connectivity index (χ1n) is 8.46. The number of nitrogens with one attached hydrogen (secondary N) is 2. The highest BCUT2D eigenvalue weighted by molar-refractivity contribution is 5.96. The molecule has 1 saturated heterocycles. The Morgan fingerprint density at radius 2 is 1.85 bits per heavy atom. The number of anilines is 1. The van der Waals surface area contributed by atoms with E-state index in [9.17, 15) is 9.59 Å². The van der Waals surface area contributed by atoms with Crippen LogP contribution in [0.25, 0.3) is 0 Å². The zero-order chi connectivity index (χ0) is 18.2. The average molecular weight is 355 g/mol. The molecule has 1 aliphatic rings. The van der Waals surface area contributed by atoms with Crippen LogP contribution in [-0.4, -0.2) is 54.6 Å².